The lowest BCUT2D eigenvalue weighted by Gasteiger charge is -2.13. The highest BCUT2D eigenvalue weighted by Gasteiger charge is 2.11. The summed E-state index contributed by atoms with van der Waals surface area (Å²) in [7, 11) is 1.65. The summed E-state index contributed by atoms with van der Waals surface area (Å²) in [5.41, 5.74) is 7.39. The highest BCUT2D eigenvalue weighted by molar-refractivity contribution is 7.71. The first-order valence-electron chi connectivity index (χ1n) is 6.97. The molecule has 2 aromatic carbocycles. The summed E-state index contributed by atoms with van der Waals surface area (Å²) in [6.45, 7) is 2.02. The number of methoxy groups -OCH3 is 1. The zero-order chi connectivity index (χ0) is 15.5. The summed E-state index contributed by atoms with van der Waals surface area (Å²) >= 11 is 5.43. The normalized spacial score (nSPS) is 10.5. The minimum atomic E-state index is 0.624. The number of aryl methyl sites for hydroxylation is 1. The molecule has 0 spiro atoms. The predicted molar refractivity (Wildman–Crippen MR) is 91.8 cm³/mol. The molecule has 5 heteroatoms. The van der Waals surface area contributed by atoms with Gasteiger partial charge in [0, 0.05) is 17.3 Å². The zero-order valence-electron chi connectivity index (χ0n) is 12.5. The van der Waals surface area contributed by atoms with Gasteiger partial charge in [-0.3, -0.25) is 5.43 Å². The van der Waals surface area contributed by atoms with Crippen molar-refractivity contribution in [3.8, 4) is 17.0 Å². The maximum Gasteiger partial charge on any atom is 0.197 e. The van der Waals surface area contributed by atoms with Gasteiger partial charge in [0.25, 0.3) is 0 Å². The monoisotopic (exact) mass is 311 g/mol. The van der Waals surface area contributed by atoms with E-state index in [4.69, 9.17) is 17.0 Å². The first kappa shape index (κ1) is 14.4. The van der Waals surface area contributed by atoms with Crippen LogP contribution in [0.4, 0.5) is 5.69 Å². The minimum Gasteiger partial charge on any atom is -0.497 e. The Morgan fingerprint density at radius 2 is 1.86 bits per heavy atom. The Hall–Kier alpha value is -2.53. The number of benzene rings is 2. The molecule has 0 amide bonds. The van der Waals surface area contributed by atoms with Crippen molar-refractivity contribution < 1.29 is 4.74 Å². The van der Waals surface area contributed by atoms with Gasteiger partial charge in [-0.15, -0.1) is 0 Å². The molecule has 0 saturated carbocycles. The van der Waals surface area contributed by atoms with Crippen LogP contribution in [-0.2, 0) is 0 Å². The second kappa shape index (κ2) is 6.07. The lowest BCUT2D eigenvalue weighted by atomic mass is 10.1. The van der Waals surface area contributed by atoms with Gasteiger partial charge >= 0.3 is 0 Å². The molecule has 112 valence electrons. The SMILES string of the molecule is COc1cccc(Nn2c(-c3ccccc3)c(C)[nH]c2=S)c1. The third-order valence-electron chi connectivity index (χ3n) is 3.43. The molecule has 0 aliphatic rings. The number of rotatable bonds is 4. The van der Waals surface area contributed by atoms with Crippen LogP contribution in [0.25, 0.3) is 11.3 Å². The minimum absolute atomic E-state index is 0.624. The third-order valence-corrected chi connectivity index (χ3v) is 3.72. The van der Waals surface area contributed by atoms with E-state index in [1.807, 2.05) is 54.1 Å². The number of ether oxygens (including phenoxy) is 1. The predicted octanol–water partition coefficient (Wildman–Crippen LogP) is 4.40. The number of H-pyrrole nitrogens is 1. The Labute approximate surface area is 134 Å². The number of nitrogens with one attached hydrogen (secondary N) is 2. The molecule has 3 rings (SSSR count). The number of aromatic nitrogens is 2. The summed E-state index contributed by atoms with van der Waals surface area (Å²) in [6, 6.07) is 17.9. The molecule has 0 unspecified atom stereocenters. The van der Waals surface area contributed by atoms with Crippen molar-refractivity contribution in [3.63, 3.8) is 0 Å². The smallest absolute Gasteiger partial charge is 0.197 e. The van der Waals surface area contributed by atoms with E-state index < -0.39 is 0 Å². The summed E-state index contributed by atoms with van der Waals surface area (Å²) in [5.74, 6) is 0.796. The third kappa shape index (κ3) is 2.76. The van der Waals surface area contributed by atoms with Crippen LogP contribution in [0.2, 0.25) is 0 Å². The van der Waals surface area contributed by atoms with Crippen LogP contribution in [-0.4, -0.2) is 16.8 Å². The van der Waals surface area contributed by atoms with Crippen molar-refractivity contribution in [3.05, 3.63) is 65.1 Å². The lowest BCUT2D eigenvalue weighted by Crippen LogP contribution is -2.11. The van der Waals surface area contributed by atoms with Gasteiger partial charge in [0.15, 0.2) is 4.77 Å². The van der Waals surface area contributed by atoms with Crippen LogP contribution in [0, 0.1) is 11.7 Å². The molecule has 2 N–H and O–H groups in total. The molecule has 0 radical (unpaired) electrons. The molecule has 0 fully saturated rings. The van der Waals surface area contributed by atoms with Crippen LogP contribution in [0.15, 0.2) is 54.6 Å². The van der Waals surface area contributed by atoms with Gasteiger partial charge in [-0.1, -0.05) is 36.4 Å². The fourth-order valence-corrected chi connectivity index (χ4v) is 2.70. The molecule has 0 bridgehead atoms. The number of nitrogens with zero attached hydrogens (tertiary/aromatic N) is 1. The maximum atomic E-state index is 5.43. The van der Waals surface area contributed by atoms with Crippen molar-refractivity contribution in [2.45, 2.75) is 6.92 Å². The Morgan fingerprint density at radius 1 is 1.09 bits per heavy atom. The molecular formula is C17H17N3OS. The average molecular weight is 311 g/mol. The molecule has 3 aromatic rings. The van der Waals surface area contributed by atoms with E-state index in [-0.39, 0.29) is 0 Å². The molecule has 0 saturated heterocycles. The van der Waals surface area contributed by atoms with Crippen LogP contribution in [0.3, 0.4) is 0 Å². The first-order valence-corrected chi connectivity index (χ1v) is 7.38. The first-order chi connectivity index (χ1) is 10.7. The average Bonchev–Trinajstić information content (AvgIpc) is 2.82. The largest absolute Gasteiger partial charge is 0.497 e. The van der Waals surface area contributed by atoms with E-state index in [1.165, 1.54) is 0 Å². The molecule has 0 aliphatic carbocycles. The molecule has 4 nitrogen and oxygen atoms in total. The summed E-state index contributed by atoms with van der Waals surface area (Å²) in [4.78, 5) is 3.21. The van der Waals surface area contributed by atoms with Crippen molar-refractivity contribution in [2.75, 3.05) is 12.5 Å². The molecule has 0 atom stereocenters. The highest BCUT2D eigenvalue weighted by Crippen LogP contribution is 2.24. The standard InChI is InChI=1S/C17H17N3OS/c1-12-16(13-7-4-3-5-8-13)20(17(22)18-12)19-14-9-6-10-15(11-14)21-2/h3-11,19H,1-2H3,(H,18,22). The van der Waals surface area contributed by atoms with Gasteiger partial charge in [-0.2, -0.15) is 0 Å². The van der Waals surface area contributed by atoms with Crippen molar-refractivity contribution in [2.24, 2.45) is 0 Å². The maximum absolute atomic E-state index is 5.43. The van der Waals surface area contributed by atoms with Crippen molar-refractivity contribution in [1.82, 2.24) is 9.66 Å². The number of aromatic amines is 1. The molecule has 0 aliphatic heterocycles. The summed E-state index contributed by atoms with van der Waals surface area (Å²) < 4.78 is 7.77. The number of anilines is 1. The van der Waals surface area contributed by atoms with E-state index >= 15 is 0 Å². The van der Waals surface area contributed by atoms with Gasteiger partial charge in [0.2, 0.25) is 0 Å². The van der Waals surface area contributed by atoms with Gasteiger partial charge in [-0.25, -0.2) is 4.68 Å². The molecule has 22 heavy (non-hydrogen) atoms. The van der Waals surface area contributed by atoms with E-state index in [9.17, 15) is 0 Å². The molecule has 1 aromatic heterocycles. The number of imidazole rings is 1. The summed E-state index contributed by atoms with van der Waals surface area (Å²) in [5, 5.41) is 0. The lowest BCUT2D eigenvalue weighted by molar-refractivity contribution is 0.415. The van der Waals surface area contributed by atoms with Crippen molar-refractivity contribution >= 4 is 17.9 Å². The van der Waals surface area contributed by atoms with Gasteiger partial charge < -0.3 is 9.72 Å². The molecular weight excluding hydrogens is 294 g/mol. The van der Waals surface area contributed by atoms with E-state index in [0.717, 1.165) is 28.4 Å². The molecule has 1 heterocycles. The fourth-order valence-electron chi connectivity index (χ4n) is 2.41. The van der Waals surface area contributed by atoms with Crippen LogP contribution in [0.1, 0.15) is 5.69 Å². The Kier molecular flexibility index (Phi) is 3.98. The summed E-state index contributed by atoms with van der Waals surface area (Å²) in [6.07, 6.45) is 0. The second-order valence-corrected chi connectivity index (χ2v) is 5.34. The van der Waals surface area contributed by atoms with Crippen LogP contribution >= 0.6 is 12.2 Å². The van der Waals surface area contributed by atoms with Crippen molar-refractivity contribution in [1.29, 1.82) is 0 Å². The van der Waals surface area contributed by atoms with E-state index in [2.05, 4.69) is 22.5 Å². The van der Waals surface area contributed by atoms with E-state index in [1.54, 1.807) is 7.11 Å². The van der Waals surface area contributed by atoms with Gasteiger partial charge in [0.1, 0.15) is 5.75 Å². The quantitative estimate of drug-likeness (QED) is 0.702. The highest BCUT2D eigenvalue weighted by atomic mass is 32.1. The Bertz CT molecular complexity index is 837. The van der Waals surface area contributed by atoms with Crippen LogP contribution < -0.4 is 10.2 Å². The second-order valence-electron chi connectivity index (χ2n) is 4.95. The Balaban J connectivity index is 2.06. The topological polar surface area (TPSA) is 42.0 Å². The number of hydrogen-bond acceptors (Lipinski definition) is 3. The number of hydrogen-bond donors (Lipinski definition) is 2. The van der Waals surface area contributed by atoms with E-state index in [0.29, 0.717) is 4.77 Å². The Morgan fingerprint density at radius 3 is 2.59 bits per heavy atom. The fraction of sp³-hybridized carbons (Fsp3) is 0.118. The van der Waals surface area contributed by atoms with Gasteiger partial charge in [-0.05, 0) is 31.3 Å². The van der Waals surface area contributed by atoms with Crippen LogP contribution in [0.5, 0.6) is 5.75 Å². The zero-order valence-corrected chi connectivity index (χ0v) is 13.3. The van der Waals surface area contributed by atoms with Gasteiger partial charge in [0.05, 0.1) is 18.5 Å².